The first-order valence-corrected chi connectivity index (χ1v) is 9.07. The van der Waals surface area contributed by atoms with E-state index in [4.69, 9.17) is 4.74 Å². The second-order valence-corrected chi connectivity index (χ2v) is 6.19. The van der Waals surface area contributed by atoms with E-state index in [0.29, 0.717) is 13.2 Å². The van der Waals surface area contributed by atoms with E-state index in [2.05, 4.69) is 46.6 Å². The van der Waals surface area contributed by atoms with Gasteiger partial charge >= 0.3 is 0 Å². The average molecular weight is 471 g/mol. The van der Waals surface area contributed by atoms with Crippen molar-refractivity contribution in [2.24, 2.45) is 4.99 Å². The van der Waals surface area contributed by atoms with Crippen LogP contribution in [0.15, 0.2) is 59.4 Å². The van der Waals surface area contributed by atoms with Crippen molar-refractivity contribution >= 4 is 41.3 Å². The second-order valence-electron chi connectivity index (χ2n) is 5.16. The molecule has 1 aromatic heterocycles. The van der Waals surface area contributed by atoms with Crippen LogP contribution >= 0.6 is 35.3 Å². The molecule has 0 aliphatic carbocycles. The number of guanidine groups is 1. The third-order valence-corrected chi connectivity index (χ3v) is 4.26. The lowest BCUT2D eigenvalue weighted by Gasteiger charge is -2.12. The smallest absolute Gasteiger partial charge is 0.191 e. The monoisotopic (exact) mass is 471 g/mol. The number of hydrogen-bond acceptors (Lipinski definition) is 3. The molecule has 0 fully saturated rings. The third kappa shape index (κ3) is 7.92. The van der Waals surface area contributed by atoms with E-state index in [1.165, 1.54) is 4.88 Å². The Morgan fingerprint density at radius 3 is 2.80 bits per heavy atom. The summed E-state index contributed by atoms with van der Waals surface area (Å²) in [6.07, 6.45) is 2.75. The number of thiophene rings is 1. The second kappa shape index (κ2) is 12.8. The van der Waals surface area contributed by atoms with Crippen molar-refractivity contribution in [1.29, 1.82) is 0 Å². The molecular formula is C19H26IN3OS. The van der Waals surface area contributed by atoms with Crippen molar-refractivity contribution in [3.63, 3.8) is 0 Å². The zero-order valence-corrected chi connectivity index (χ0v) is 17.7. The van der Waals surface area contributed by atoms with Crippen molar-refractivity contribution in [3.05, 3.63) is 64.9 Å². The Hall–Kier alpha value is -1.54. The van der Waals surface area contributed by atoms with Crippen LogP contribution in [0, 0.1) is 0 Å². The molecule has 2 N–H and O–H groups in total. The number of rotatable bonds is 9. The number of hydrogen-bond donors (Lipinski definition) is 2. The Balaban J connectivity index is 0.00000312. The summed E-state index contributed by atoms with van der Waals surface area (Å²) in [5.41, 5.74) is 1.06. The molecule has 0 bridgehead atoms. The number of para-hydroxylation sites is 1. The number of benzene rings is 1. The molecule has 0 radical (unpaired) electrons. The summed E-state index contributed by atoms with van der Waals surface area (Å²) >= 11 is 1.78. The topological polar surface area (TPSA) is 45.6 Å². The lowest BCUT2D eigenvalue weighted by molar-refractivity contribution is 0.359. The predicted molar refractivity (Wildman–Crippen MR) is 118 cm³/mol. The van der Waals surface area contributed by atoms with E-state index in [1.807, 2.05) is 24.3 Å². The van der Waals surface area contributed by atoms with Gasteiger partial charge in [0.05, 0.1) is 6.54 Å². The predicted octanol–water partition coefficient (Wildman–Crippen LogP) is 4.23. The molecule has 6 heteroatoms. The molecule has 0 spiro atoms. The first-order valence-electron chi connectivity index (χ1n) is 8.19. The molecule has 0 aliphatic rings. The van der Waals surface area contributed by atoms with Crippen LogP contribution in [0.25, 0.3) is 0 Å². The van der Waals surface area contributed by atoms with Gasteiger partial charge in [-0.25, -0.2) is 4.99 Å². The Morgan fingerprint density at radius 1 is 1.24 bits per heavy atom. The Labute approximate surface area is 171 Å². The standard InChI is InChI=1S/C19H25N3OS.HI/c1-3-13-23-18-10-6-5-8-16(18)15-22-19(20-4-2)21-12-11-17-9-7-14-24-17;/h3,5-10,14H,1,4,11-13,15H2,2H3,(H2,20,21,22);1H. The molecule has 0 saturated heterocycles. The van der Waals surface area contributed by atoms with Gasteiger partial charge in [0.1, 0.15) is 12.4 Å². The number of aliphatic imine (C=N–C) groups is 1. The Kier molecular flexibility index (Phi) is 11.0. The van der Waals surface area contributed by atoms with Crippen molar-refractivity contribution in [3.8, 4) is 5.75 Å². The summed E-state index contributed by atoms with van der Waals surface area (Å²) in [5, 5.41) is 8.77. The number of nitrogens with one attached hydrogen (secondary N) is 2. The van der Waals surface area contributed by atoms with Gasteiger partial charge in [-0.3, -0.25) is 0 Å². The molecule has 0 saturated carbocycles. The fourth-order valence-electron chi connectivity index (χ4n) is 2.19. The summed E-state index contributed by atoms with van der Waals surface area (Å²) in [5.74, 6) is 1.68. The molecular weight excluding hydrogens is 445 g/mol. The minimum absolute atomic E-state index is 0. The molecule has 0 amide bonds. The van der Waals surface area contributed by atoms with Gasteiger partial charge < -0.3 is 15.4 Å². The van der Waals surface area contributed by atoms with Gasteiger partial charge in [-0.2, -0.15) is 0 Å². The van der Waals surface area contributed by atoms with Gasteiger partial charge in [-0.1, -0.05) is 36.9 Å². The zero-order chi connectivity index (χ0) is 17.0. The molecule has 4 nitrogen and oxygen atoms in total. The summed E-state index contributed by atoms with van der Waals surface area (Å²) in [4.78, 5) is 6.04. The summed E-state index contributed by atoms with van der Waals surface area (Å²) in [6.45, 7) is 8.52. The molecule has 1 heterocycles. The zero-order valence-electron chi connectivity index (χ0n) is 14.5. The fourth-order valence-corrected chi connectivity index (χ4v) is 2.90. The van der Waals surface area contributed by atoms with Gasteiger partial charge in [0.2, 0.25) is 0 Å². The van der Waals surface area contributed by atoms with E-state index in [-0.39, 0.29) is 24.0 Å². The highest BCUT2D eigenvalue weighted by Crippen LogP contribution is 2.18. The lowest BCUT2D eigenvalue weighted by atomic mass is 10.2. The number of ether oxygens (including phenoxy) is 1. The molecule has 136 valence electrons. The minimum atomic E-state index is 0. The first kappa shape index (κ1) is 21.5. The SMILES string of the molecule is C=CCOc1ccccc1CN=C(NCC)NCCc1cccs1.I. The van der Waals surface area contributed by atoms with Crippen LogP contribution in [-0.4, -0.2) is 25.7 Å². The van der Waals surface area contributed by atoms with Gasteiger partial charge in [-0.15, -0.1) is 35.3 Å². The van der Waals surface area contributed by atoms with Crippen LogP contribution in [0.5, 0.6) is 5.75 Å². The van der Waals surface area contributed by atoms with Crippen LogP contribution in [0.4, 0.5) is 0 Å². The highest BCUT2D eigenvalue weighted by atomic mass is 127. The lowest BCUT2D eigenvalue weighted by Crippen LogP contribution is -2.38. The van der Waals surface area contributed by atoms with Crippen molar-refractivity contribution < 1.29 is 4.74 Å². The molecule has 2 aromatic rings. The third-order valence-electron chi connectivity index (χ3n) is 3.32. The van der Waals surface area contributed by atoms with Crippen LogP contribution in [0.2, 0.25) is 0 Å². The highest BCUT2D eigenvalue weighted by molar-refractivity contribution is 14.0. The van der Waals surface area contributed by atoms with Crippen LogP contribution in [0.1, 0.15) is 17.4 Å². The van der Waals surface area contributed by atoms with Crippen molar-refractivity contribution in [2.45, 2.75) is 19.9 Å². The van der Waals surface area contributed by atoms with Gasteiger partial charge in [-0.05, 0) is 30.9 Å². The molecule has 1 aromatic carbocycles. The highest BCUT2D eigenvalue weighted by Gasteiger charge is 2.03. The Morgan fingerprint density at radius 2 is 2.08 bits per heavy atom. The van der Waals surface area contributed by atoms with Crippen molar-refractivity contribution in [1.82, 2.24) is 10.6 Å². The first-order chi connectivity index (χ1) is 11.8. The van der Waals surface area contributed by atoms with E-state index in [9.17, 15) is 0 Å². The fraction of sp³-hybridized carbons (Fsp3) is 0.316. The van der Waals surface area contributed by atoms with Gasteiger partial charge in [0.15, 0.2) is 5.96 Å². The molecule has 2 rings (SSSR count). The summed E-state index contributed by atoms with van der Waals surface area (Å²) in [6, 6.07) is 12.2. The minimum Gasteiger partial charge on any atom is -0.489 e. The quantitative estimate of drug-likeness (QED) is 0.249. The van der Waals surface area contributed by atoms with E-state index in [0.717, 1.165) is 36.8 Å². The van der Waals surface area contributed by atoms with Gasteiger partial charge in [0, 0.05) is 23.5 Å². The molecule has 0 unspecified atom stereocenters. The number of halogens is 1. The largest absolute Gasteiger partial charge is 0.489 e. The average Bonchev–Trinajstić information content (AvgIpc) is 3.12. The van der Waals surface area contributed by atoms with Crippen molar-refractivity contribution in [2.75, 3.05) is 19.7 Å². The molecule has 0 aliphatic heterocycles. The summed E-state index contributed by atoms with van der Waals surface area (Å²) in [7, 11) is 0. The summed E-state index contributed by atoms with van der Waals surface area (Å²) < 4.78 is 5.68. The van der Waals surface area contributed by atoms with Crippen LogP contribution < -0.4 is 15.4 Å². The maximum absolute atomic E-state index is 5.68. The maximum atomic E-state index is 5.68. The van der Waals surface area contributed by atoms with Crippen LogP contribution in [-0.2, 0) is 13.0 Å². The Bertz CT molecular complexity index is 644. The van der Waals surface area contributed by atoms with Crippen LogP contribution in [0.3, 0.4) is 0 Å². The molecule has 25 heavy (non-hydrogen) atoms. The number of nitrogens with zero attached hydrogens (tertiary/aromatic N) is 1. The van der Waals surface area contributed by atoms with E-state index < -0.39 is 0 Å². The van der Waals surface area contributed by atoms with Gasteiger partial charge in [0.25, 0.3) is 0 Å². The normalized spacial score (nSPS) is 10.7. The maximum Gasteiger partial charge on any atom is 0.191 e. The van der Waals surface area contributed by atoms with E-state index in [1.54, 1.807) is 17.4 Å². The van der Waals surface area contributed by atoms with E-state index >= 15 is 0 Å². The molecule has 0 atom stereocenters.